The number of carbonyl (C=O) groups is 2. The van der Waals surface area contributed by atoms with Crippen LogP contribution in [-0.4, -0.2) is 53.0 Å². The van der Waals surface area contributed by atoms with Crippen LogP contribution < -0.4 is 0 Å². The summed E-state index contributed by atoms with van der Waals surface area (Å²) in [6.07, 6.45) is 4.59. The molecular formula is C19H20N2O3S. The quantitative estimate of drug-likeness (QED) is 0.830. The van der Waals surface area contributed by atoms with Gasteiger partial charge in [0.15, 0.2) is 0 Å². The molecule has 0 N–H and O–H groups in total. The number of furan rings is 1. The van der Waals surface area contributed by atoms with Crippen LogP contribution >= 0.6 is 11.8 Å². The molecule has 130 valence electrons. The molecule has 0 bridgehead atoms. The highest BCUT2D eigenvalue weighted by atomic mass is 32.2. The Kier molecular flexibility index (Phi) is 4.53. The number of hydrogen-bond donors (Lipinski definition) is 0. The number of thioether (sulfide) groups is 1. The first kappa shape index (κ1) is 16.3. The molecule has 1 aromatic heterocycles. The molecule has 25 heavy (non-hydrogen) atoms. The van der Waals surface area contributed by atoms with Gasteiger partial charge in [-0.05, 0) is 30.5 Å². The van der Waals surface area contributed by atoms with Crippen molar-refractivity contribution in [1.29, 1.82) is 0 Å². The summed E-state index contributed by atoms with van der Waals surface area (Å²) >= 11 is 1.67. The standard InChI is InChI=1S/C19H20N2O3S/c22-18(15-6-11-24-13-15)20-7-3-8-21(10-9-20)19(23)17-12-14-4-1-2-5-16(14)25-17/h1-2,4-6,11,13,17H,3,7-10,12H2. The lowest BCUT2D eigenvalue weighted by atomic mass is 10.1. The topological polar surface area (TPSA) is 53.8 Å². The largest absolute Gasteiger partial charge is 0.472 e. The van der Waals surface area contributed by atoms with Crippen molar-refractivity contribution in [3.8, 4) is 0 Å². The van der Waals surface area contributed by atoms with Gasteiger partial charge >= 0.3 is 0 Å². The summed E-state index contributed by atoms with van der Waals surface area (Å²) in [6, 6.07) is 9.91. The van der Waals surface area contributed by atoms with Gasteiger partial charge in [-0.3, -0.25) is 9.59 Å². The summed E-state index contributed by atoms with van der Waals surface area (Å²) in [5.74, 6) is 0.171. The Bertz CT molecular complexity index is 750. The van der Waals surface area contributed by atoms with E-state index in [1.54, 1.807) is 17.8 Å². The smallest absolute Gasteiger partial charge is 0.257 e. The van der Waals surface area contributed by atoms with Gasteiger partial charge in [-0.2, -0.15) is 0 Å². The minimum absolute atomic E-state index is 0.0225. The summed E-state index contributed by atoms with van der Waals surface area (Å²) in [5, 5.41) is -0.0338. The molecule has 4 rings (SSSR count). The molecular weight excluding hydrogens is 336 g/mol. The van der Waals surface area contributed by atoms with Gasteiger partial charge in [0.2, 0.25) is 5.91 Å². The molecule has 1 saturated heterocycles. The normalized spacial score (nSPS) is 20.2. The van der Waals surface area contributed by atoms with Crippen LogP contribution in [0.3, 0.4) is 0 Å². The van der Waals surface area contributed by atoms with Gasteiger partial charge < -0.3 is 14.2 Å². The SMILES string of the molecule is O=C(c1ccoc1)N1CCCN(C(=O)C2Cc3ccccc3S2)CC1. The van der Waals surface area contributed by atoms with Gasteiger partial charge in [-0.1, -0.05) is 18.2 Å². The Labute approximate surface area is 151 Å². The number of benzene rings is 1. The van der Waals surface area contributed by atoms with Crippen molar-refractivity contribution in [3.63, 3.8) is 0 Å². The second-order valence-electron chi connectivity index (χ2n) is 6.40. The molecule has 3 heterocycles. The van der Waals surface area contributed by atoms with Crippen molar-refractivity contribution in [3.05, 3.63) is 54.0 Å². The first-order chi connectivity index (χ1) is 12.2. The fourth-order valence-corrected chi connectivity index (χ4v) is 4.71. The maximum absolute atomic E-state index is 12.9. The molecule has 0 radical (unpaired) electrons. The predicted molar refractivity (Wildman–Crippen MR) is 95.6 cm³/mol. The second kappa shape index (κ2) is 6.96. The summed E-state index contributed by atoms with van der Waals surface area (Å²) in [4.78, 5) is 30.3. The van der Waals surface area contributed by atoms with E-state index in [-0.39, 0.29) is 17.1 Å². The Hall–Kier alpha value is -2.21. The van der Waals surface area contributed by atoms with E-state index in [1.807, 2.05) is 21.9 Å². The molecule has 5 nitrogen and oxygen atoms in total. The van der Waals surface area contributed by atoms with E-state index in [1.165, 1.54) is 23.0 Å². The Morgan fingerprint density at radius 2 is 1.84 bits per heavy atom. The average Bonchev–Trinajstić information content (AvgIpc) is 3.25. The monoisotopic (exact) mass is 356 g/mol. The van der Waals surface area contributed by atoms with Gasteiger partial charge in [-0.15, -0.1) is 11.8 Å². The van der Waals surface area contributed by atoms with Crippen molar-refractivity contribution in [1.82, 2.24) is 9.80 Å². The summed E-state index contributed by atoms with van der Waals surface area (Å²) in [7, 11) is 0. The van der Waals surface area contributed by atoms with Crippen molar-refractivity contribution >= 4 is 23.6 Å². The molecule has 6 heteroatoms. The molecule has 1 aromatic carbocycles. The third kappa shape index (κ3) is 3.31. The maximum atomic E-state index is 12.9. The summed E-state index contributed by atoms with van der Waals surface area (Å²) < 4.78 is 5.00. The molecule has 1 fully saturated rings. The molecule has 0 spiro atoms. The molecule has 2 amide bonds. The van der Waals surface area contributed by atoms with E-state index in [2.05, 4.69) is 12.1 Å². The van der Waals surface area contributed by atoms with E-state index in [4.69, 9.17) is 4.42 Å². The van der Waals surface area contributed by atoms with Crippen LogP contribution in [0.15, 0.2) is 52.2 Å². The number of rotatable bonds is 2. The lowest BCUT2D eigenvalue weighted by Crippen LogP contribution is -2.41. The minimum Gasteiger partial charge on any atom is -0.472 e. The van der Waals surface area contributed by atoms with Gasteiger partial charge in [-0.25, -0.2) is 0 Å². The summed E-state index contributed by atoms with van der Waals surface area (Å²) in [5.41, 5.74) is 1.83. The Balaban J connectivity index is 1.38. The van der Waals surface area contributed by atoms with E-state index >= 15 is 0 Å². The Morgan fingerprint density at radius 1 is 1.04 bits per heavy atom. The average molecular weight is 356 g/mol. The van der Waals surface area contributed by atoms with Crippen molar-refractivity contribution < 1.29 is 14.0 Å². The number of nitrogens with zero attached hydrogens (tertiary/aromatic N) is 2. The van der Waals surface area contributed by atoms with Gasteiger partial charge in [0, 0.05) is 31.1 Å². The van der Waals surface area contributed by atoms with Crippen molar-refractivity contribution in [2.45, 2.75) is 23.0 Å². The van der Waals surface area contributed by atoms with Crippen LogP contribution in [0.2, 0.25) is 0 Å². The lowest BCUT2D eigenvalue weighted by Gasteiger charge is -2.24. The highest BCUT2D eigenvalue weighted by Crippen LogP contribution is 2.37. The molecule has 1 unspecified atom stereocenters. The molecule has 2 aliphatic heterocycles. The van der Waals surface area contributed by atoms with Crippen LogP contribution in [0.5, 0.6) is 0 Å². The van der Waals surface area contributed by atoms with Gasteiger partial charge in [0.25, 0.3) is 5.91 Å². The third-order valence-electron chi connectivity index (χ3n) is 4.79. The van der Waals surface area contributed by atoms with Gasteiger partial charge in [0.05, 0.1) is 17.1 Å². The first-order valence-electron chi connectivity index (χ1n) is 8.57. The highest BCUT2D eigenvalue weighted by Gasteiger charge is 2.32. The zero-order valence-electron chi connectivity index (χ0n) is 13.9. The van der Waals surface area contributed by atoms with Crippen LogP contribution in [-0.2, 0) is 11.2 Å². The van der Waals surface area contributed by atoms with E-state index in [0.29, 0.717) is 31.7 Å². The number of amides is 2. The molecule has 1 atom stereocenters. The van der Waals surface area contributed by atoms with E-state index in [0.717, 1.165) is 12.8 Å². The molecule has 2 aromatic rings. The number of carbonyl (C=O) groups excluding carboxylic acids is 2. The Morgan fingerprint density at radius 3 is 2.64 bits per heavy atom. The second-order valence-corrected chi connectivity index (χ2v) is 7.65. The minimum atomic E-state index is -0.0338. The van der Waals surface area contributed by atoms with Crippen LogP contribution in [0, 0.1) is 0 Å². The van der Waals surface area contributed by atoms with Crippen LogP contribution in [0.4, 0.5) is 0 Å². The van der Waals surface area contributed by atoms with Crippen LogP contribution in [0.1, 0.15) is 22.3 Å². The van der Waals surface area contributed by atoms with Crippen molar-refractivity contribution in [2.75, 3.05) is 26.2 Å². The highest BCUT2D eigenvalue weighted by molar-refractivity contribution is 8.01. The lowest BCUT2D eigenvalue weighted by molar-refractivity contribution is -0.130. The summed E-state index contributed by atoms with van der Waals surface area (Å²) in [6.45, 7) is 2.54. The third-order valence-corrected chi connectivity index (χ3v) is 6.09. The van der Waals surface area contributed by atoms with Gasteiger partial charge in [0.1, 0.15) is 6.26 Å². The molecule has 0 aliphatic carbocycles. The fraction of sp³-hybridized carbons (Fsp3) is 0.368. The van der Waals surface area contributed by atoms with E-state index in [9.17, 15) is 9.59 Å². The molecule has 0 saturated carbocycles. The zero-order valence-corrected chi connectivity index (χ0v) is 14.7. The first-order valence-corrected chi connectivity index (χ1v) is 9.45. The maximum Gasteiger partial charge on any atom is 0.257 e. The molecule has 2 aliphatic rings. The van der Waals surface area contributed by atoms with Crippen molar-refractivity contribution in [2.24, 2.45) is 0 Å². The van der Waals surface area contributed by atoms with Crippen LogP contribution in [0.25, 0.3) is 0 Å². The number of fused-ring (bicyclic) bond motifs is 1. The zero-order chi connectivity index (χ0) is 17.2. The number of hydrogen-bond acceptors (Lipinski definition) is 4. The van der Waals surface area contributed by atoms with E-state index < -0.39 is 0 Å². The fourth-order valence-electron chi connectivity index (χ4n) is 3.43. The predicted octanol–water partition coefficient (Wildman–Crippen LogP) is 2.67.